The molecule has 31 heavy (non-hydrogen) atoms. The van der Waals surface area contributed by atoms with Crippen molar-refractivity contribution in [3.05, 3.63) is 82.7 Å². The highest BCUT2D eigenvalue weighted by atomic mass is 35.5. The molecule has 5 rings (SSSR count). The lowest BCUT2D eigenvalue weighted by molar-refractivity contribution is -0.384. The monoisotopic (exact) mass is 451 g/mol. The van der Waals surface area contributed by atoms with Gasteiger partial charge in [0.2, 0.25) is 0 Å². The van der Waals surface area contributed by atoms with Crippen molar-refractivity contribution in [2.24, 2.45) is 0 Å². The summed E-state index contributed by atoms with van der Waals surface area (Å²) in [4.78, 5) is 32.6. The van der Waals surface area contributed by atoms with Crippen molar-refractivity contribution < 1.29 is 9.72 Å². The summed E-state index contributed by atoms with van der Waals surface area (Å²) in [7, 11) is 0. The normalized spacial score (nSPS) is 18.1. The molecule has 1 N–H and O–H groups in total. The van der Waals surface area contributed by atoms with E-state index in [0.29, 0.717) is 11.4 Å². The molecule has 2 aromatic heterocycles. The minimum atomic E-state index is -0.769. The molecule has 154 valence electrons. The number of benzene rings is 2. The first-order valence-electron chi connectivity index (χ1n) is 9.31. The molecule has 0 spiro atoms. The topological polar surface area (TPSA) is 101 Å². The number of nitro groups is 1. The molecule has 2 unspecified atom stereocenters. The number of anilines is 1. The molecule has 1 aliphatic rings. The largest absolute Gasteiger partial charge is 0.277 e. The maximum Gasteiger partial charge on any atom is 0.269 e. The van der Waals surface area contributed by atoms with Crippen LogP contribution in [0.15, 0.2) is 67.0 Å². The number of rotatable bonds is 5. The van der Waals surface area contributed by atoms with Crippen LogP contribution >= 0.6 is 22.9 Å². The number of aromatic nitrogens is 2. The van der Waals surface area contributed by atoms with Gasteiger partial charge >= 0.3 is 0 Å². The second-order valence-electron chi connectivity index (χ2n) is 6.93. The Kier molecular flexibility index (Phi) is 4.76. The number of thiophene rings is 1. The summed E-state index contributed by atoms with van der Waals surface area (Å²) in [6.45, 7) is 0. The lowest BCUT2D eigenvalue weighted by atomic mass is 9.95. The first-order chi connectivity index (χ1) is 15.0. The third kappa shape index (κ3) is 3.37. The van der Waals surface area contributed by atoms with Crippen LogP contribution in [0.1, 0.15) is 11.6 Å². The molecule has 1 amide bonds. The van der Waals surface area contributed by atoms with E-state index in [1.165, 1.54) is 34.8 Å². The molecule has 2 aromatic carbocycles. The van der Waals surface area contributed by atoms with Crippen molar-refractivity contribution in [1.29, 1.82) is 0 Å². The smallest absolute Gasteiger partial charge is 0.269 e. The number of hydrazine groups is 1. The Morgan fingerprint density at radius 1 is 1.10 bits per heavy atom. The summed E-state index contributed by atoms with van der Waals surface area (Å²) in [6, 6.07) is 17.5. The molecule has 10 heteroatoms. The van der Waals surface area contributed by atoms with Gasteiger partial charge < -0.3 is 0 Å². The number of nitrogens with zero attached hydrogens (tertiary/aromatic N) is 4. The second-order valence-corrected chi connectivity index (χ2v) is 8.45. The Balaban J connectivity index is 1.46. The average Bonchev–Trinajstić information content (AvgIpc) is 3.24. The molecule has 0 aliphatic carbocycles. The number of fused-ring (bicyclic) bond motifs is 1. The minimum Gasteiger partial charge on any atom is -0.277 e. The molecule has 0 bridgehead atoms. The Labute approximate surface area is 185 Å². The van der Waals surface area contributed by atoms with E-state index in [4.69, 9.17) is 11.6 Å². The van der Waals surface area contributed by atoms with Crippen LogP contribution in [0.3, 0.4) is 0 Å². The summed E-state index contributed by atoms with van der Waals surface area (Å²) in [5.74, 6) is 0.206. The van der Waals surface area contributed by atoms with Crippen molar-refractivity contribution in [2.45, 2.75) is 11.4 Å². The van der Waals surface area contributed by atoms with Crippen molar-refractivity contribution in [3.8, 4) is 10.4 Å². The number of nitrogens with one attached hydrogen (secondary N) is 1. The van der Waals surface area contributed by atoms with E-state index in [2.05, 4.69) is 15.4 Å². The number of hydrogen-bond acceptors (Lipinski definition) is 7. The quantitative estimate of drug-likeness (QED) is 0.203. The SMILES string of the molecule is O=C1C(Cl)C(c2ccc([N+](=O)[O-])cc2)N1Nc1ncnc2cc(-c3ccccc3)sc12. The van der Waals surface area contributed by atoms with E-state index < -0.39 is 16.3 Å². The Bertz CT molecular complexity index is 1300. The number of β-lactam (4-membered cyclic amide) rings is 1. The van der Waals surface area contributed by atoms with Gasteiger partial charge in [0.1, 0.15) is 17.7 Å². The highest BCUT2D eigenvalue weighted by molar-refractivity contribution is 7.22. The molecule has 2 atom stereocenters. The van der Waals surface area contributed by atoms with Crippen LogP contribution < -0.4 is 5.43 Å². The lowest BCUT2D eigenvalue weighted by Gasteiger charge is -2.44. The van der Waals surface area contributed by atoms with Gasteiger partial charge in [0.15, 0.2) is 5.82 Å². The highest BCUT2D eigenvalue weighted by Gasteiger charge is 2.48. The molecule has 8 nitrogen and oxygen atoms in total. The fourth-order valence-corrected chi connectivity index (χ4v) is 4.90. The third-order valence-electron chi connectivity index (χ3n) is 5.07. The predicted molar refractivity (Wildman–Crippen MR) is 119 cm³/mol. The van der Waals surface area contributed by atoms with Gasteiger partial charge in [-0.3, -0.25) is 20.3 Å². The maximum atomic E-state index is 12.5. The minimum absolute atomic E-state index is 0.0235. The molecule has 1 aliphatic heterocycles. The summed E-state index contributed by atoms with van der Waals surface area (Å²) in [5, 5.41) is 11.5. The zero-order chi connectivity index (χ0) is 21.5. The first-order valence-corrected chi connectivity index (χ1v) is 10.6. The zero-order valence-corrected chi connectivity index (χ0v) is 17.4. The molecule has 0 saturated carbocycles. The Hall–Kier alpha value is -3.56. The van der Waals surface area contributed by atoms with Gasteiger partial charge in [0, 0.05) is 17.0 Å². The van der Waals surface area contributed by atoms with E-state index in [1.54, 1.807) is 12.1 Å². The standard InChI is InChI=1S/C21H14ClN5O3S/c22-17-18(13-6-8-14(9-7-13)27(29)30)26(21(17)28)25-20-19-15(23-11-24-20)10-16(31-19)12-4-2-1-3-5-12/h1-11,17-18H,(H,23,24,25). The number of carbonyl (C=O) groups excluding carboxylic acids is 1. The molecule has 3 heterocycles. The van der Waals surface area contributed by atoms with Crippen LogP contribution in [0.2, 0.25) is 0 Å². The van der Waals surface area contributed by atoms with Crippen molar-refractivity contribution in [3.63, 3.8) is 0 Å². The number of nitro benzene ring substituents is 1. The second kappa shape index (κ2) is 7.60. The molecule has 1 fully saturated rings. The highest BCUT2D eigenvalue weighted by Crippen LogP contribution is 2.41. The molecule has 4 aromatic rings. The average molecular weight is 452 g/mol. The van der Waals surface area contributed by atoms with Crippen LogP contribution in [0.25, 0.3) is 20.7 Å². The fraction of sp³-hybridized carbons (Fsp3) is 0.0952. The predicted octanol–water partition coefficient (Wildman–Crippen LogP) is 4.78. The van der Waals surface area contributed by atoms with Crippen LogP contribution in [-0.4, -0.2) is 31.2 Å². The number of carbonyl (C=O) groups is 1. The van der Waals surface area contributed by atoms with Crippen LogP contribution in [0, 0.1) is 10.1 Å². The van der Waals surface area contributed by atoms with Crippen molar-refractivity contribution in [1.82, 2.24) is 15.0 Å². The summed E-state index contributed by atoms with van der Waals surface area (Å²) >= 11 is 7.79. The van der Waals surface area contributed by atoms with Crippen LogP contribution in [0.4, 0.5) is 11.5 Å². The number of non-ortho nitro benzene ring substituents is 1. The van der Waals surface area contributed by atoms with Crippen LogP contribution in [-0.2, 0) is 4.79 Å². The van der Waals surface area contributed by atoms with E-state index in [9.17, 15) is 14.9 Å². The van der Waals surface area contributed by atoms with Crippen LogP contribution in [0.5, 0.6) is 0 Å². The van der Waals surface area contributed by atoms with Gasteiger partial charge in [-0.25, -0.2) is 15.0 Å². The van der Waals surface area contributed by atoms with Gasteiger partial charge in [0.25, 0.3) is 11.6 Å². The maximum absolute atomic E-state index is 12.5. The Morgan fingerprint density at radius 3 is 2.55 bits per heavy atom. The van der Waals surface area contributed by atoms with Gasteiger partial charge in [0.05, 0.1) is 15.1 Å². The lowest BCUT2D eigenvalue weighted by Crippen LogP contribution is -2.58. The number of halogens is 1. The van der Waals surface area contributed by atoms with Gasteiger partial charge in [-0.2, -0.15) is 0 Å². The third-order valence-corrected chi connectivity index (χ3v) is 6.68. The zero-order valence-electron chi connectivity index (χ0n) is 15.8. The summed E-state index contributed by atoms with van der Waals surface area (Å²) in [6.07, 6.45) is 1.44. The van der Waals surface area contributed by atoms with Crippen molar-refractivity contribution in [2.75, 3.05) is 5.43 Å². The number of amides is 1. The van der Waals surface area contributed by atoms with Gasteiger partial charge in [-0.1, -0.05) is 30.3 Å². The first kappa shape index (κ1) is 19.4. The van der Waals surface area contributed by atoms with E-state index in [-0.39, 0.29) is 11.6 Å². The molecular weight excluding hydrogens is 438 g/mol. The molecule has 1 saturated heterocycles. The van der Waals surface area contributed by atoms with E-state index in [0.717, 1.165) is 20.7 Å². The van der Waals surface area contributed by atoms with E-state index in [1.807, 2.05) is 36.4 Å². The molecular formula is C21H14ClN5O3S. The number of hydrogen-bond donors (Lipinski definition) is 1. The van der Waals surface area contributed by atoms with E-state index >= 15 is 0 Å². The fourth-order valence-electron chi connectivity index (χ4n) is 3.48. The summed E-state index contributed by atoms with van der Waals surface area (Å²) in [5.41, 5.74) is 5.58. The summed E-state index contributed by atoms with van der Waals surface area (Å²) < 4.78 is 0.814. The van der Waals surface area contributed by atoms with Crippen molar-refractivity contribution >= 4 is 50.6 Å². The number of alkyl halides is 1. The van der Waals surface area contributed by atoms with Gasteiger partial charge in [-0.05, 0) is 29.3 Å². The van der Waals surface area contributed by atoms with Gasteiger partial charge in [-0.15, -0.1) is 22.9 Å². The molecule has 0 radical (unpaired) electrons. The Morgan fingerprint density at radius 2 is 1.84 bits per heavy atom.